The van der Waals surface area contributed by atoms with Crippen molar-refractivity contribution in [3.63, 3.8) is 0 Å². The van der Waals surface area contributed by atoms with Crippen molar-refractivity contribution < 1.29 is 0 Å². The van der Waals surface area contributed by atoms with Crippen molar-refractivity contribution in [2.75, 3.05) is 5.73 Å². The molecule has 14 heavy (non-hydrogen) atoms. The van der Waals surface area contributed by atoms with Crippen LogP contribution in [0.1, 0.15) is 0 Å². The van der Waals surface area contributed by atoms with E-state index in [1.165, 1.54) is 0 Å². The molecule has 1 aromatic carbocycles. The molecule has 0 aliphatic heterocycles. The molecule has 0 saturated carbocycles. The van der Waals surface area contributed by atoms with Crippen molar-refractivity contribution >= 4 is 17.4 Å². The van der Waals surface area contributed by atoms with E-state index in [-0.39, 0.29) is 0 Å². The number of halogens is 1. The average molecular weight is 207 g/mol. The summed E-state index contributed by atoms with van der Waals surface area (Å²) in [6.45, 7) is 0. The van der Waals surface area contributed by atoms with Gasteiger partial charge in [-0.3, -0.25) is 0 Å². The van der Waals surface area contributed by atoms with Crippen molar-refractivity contribution in [3.05, 3.63) is 41.6 Å². The van der Waals surface area contributed by atoms with Gasteiger partial charge in [0.2, 0.25) is 0 Å². The Hall–Kier alpha value is -1.41. The van der Waals surface area contributed by atoms with Crippen LogP contribution >= 0.6 is 11.6 Å². The molecular formula is C11H11ClN2. The minimum absolute atomic E-state index is 0.728. The highest BCUT2D eigenvalue weighted by Crippen LogP contribution is 2.27. The second-order valence-electron chi connectivity index (χ2n) is 3.24. The van der Waals surface area contributed by atoms with E-state index in [1.807, 2.05) is 48.1 Å². The molecule has 0 amide bonds. The van der Waals surface area contributed by atoms with Crippen molar-refractivity contribution in [1.29, 1.82) is 0 Å². The van der Waals surface area contributed by atoms with Gasteiger partial charge < -0.3 is 10.3 Å². The quantitative estimate of drug-likeness (QED) is 0.764. The molecule has 0 aliphatic rings. The van der Waals surface area contributed by atoms with Crippen molar-refractivity contribution in [2.24, 2.45) is 7.05 Å². The highest BCUT2D eigenvalue weighted by molar-refractivity contribution is 6.30. The second-order valence-corrected chi connectivity index (χ2v) is 3.67. The van der Waals surface area contributed by atoms with Gasteiger partial charge in [0.1, 0.15) is 5.82 Å². The lowest BCUT2D eigenvalue weighted by Gasteiger charge is -2.02. The van der Waals surface area contributed by atoms with Crippen LogP contribution in [0.2, 0.25) is 5.02 Å². The highest BCUT2D eigenvalue weighted by atomic mass is 35.5. The molecule has 0 saturated heterocycles. The van der Waals surface area contributed by atoms with Crippen LogP contribution < -0.4 is 5.73 Å². The molecule has 1 heterocycles. The van der Waals surface area contributed by atoms with Gasteiger partial charge in [0.25, 0.3) is 0 Å². The third kappa shape index (κ3) is 1.49. The SMILES string of the molecule is Cn1ccc(-c2cccc(Cl)c2)c1N. The number of hydrogen-bond acceptors (Lipinski definition) is 1. The van der Waals surface area contributed by atoms with Gasteiger partial charge >= 0.3 is 0 Å². The maximum atomic E-state index is 5.91. The van der Waals surface area contributed by atoms with Crippen LogP contribution in [0.25, 0.3) is 11.1 Å². The first kappa shape index (κ1) is 9.16. The fourth-order valence-electron chi connectivity index (χ4n) is 1.44. The number of aryl methyl sites for hydroxylation is 1. The first-order chi connectivity index (χ1) is 6.68. The van der Waals surface area contributed by atoms with Gasteiger partial charge in [-0.05, 0) is 23.8 Å². The van der Waals surface area contributed by atoms with Crippen molar-refractivity contribution in [2.45, 2.75) is 0 Å². The summed E-state index contributed by atoms with van der Waals surface area (Å²) < 4.78 is 1.89. The summed E-state index contributed by atoms with van der Waals surface area (Å²) >= 11 is 5.91. The first-order valence-corrected chi connectivity index (χ1v) is 4.73. The molecule has 72 valence electrons. The first-order valence-electron chi connectivity index (χ1n) is 4.35. The Bertz CT molecular complexity index is 460. The molecule has 0 atom stereocenters. The summed E-state index contributed by atoms with van der Waals surface area (Å²) in [6.07, 6.45) is 1.94. The van der Waals surface area contributed by atoms with E-state index >= 15 is 0 Å². The minimum atomic E-state index is 0.728. The molecule has 3 heteroatoms. The van der Waals surface area contributed by atoms with Crippen LogP contribution in [-0.4, -0.2) is 4.57 Å². The lowest BCUT2D eigenvalue weighted by atomic mass is 10.1. The predicted molar refractivity (Wildman–Crippen MR) is 60.3 cm³/mol. The third-order valence-electron chi connectivity index (χ3n) is 2.26. The Balaban J connectivity index is 2.55. The molecule has 0 fully saturated rings. The molecule has 0 bridgehead atoms. The number of nitrogens with two attached hydrogens (primary N) is 1. The standard InChI is InChI=1S/C11H11ClN2/c1-14-6-5-10(11(14)13)8-3-2-4-9(12)7-8/h2-7H,13H2,1H3. The zero-order valence-corrected chi connectivity index (χ0v) is 8.62. The molecule has 0 aliphatic carbocycles. The monoisotopic (exact) mass is 206 g/mol. The van der Waals surface area contributed by atoms with Crippen LogP contribution in [-0.2, 0) is 7.05 Å². The van der Waals surface area contributed by atoms with Gasteiger partial charge in [-0.25, -0.2) is 0 Å². The van der Waals surface area contributed by atoms with E-state index in [9.17, 15) is 0 Å². The largest absolute Gasteiger partial charge is 0.385 e. The molecule has 2 aromatic rings. The number of nitrogen functional groups attached to an aromatic ring is 1. The summed E-state index contributed by atoms with van der Waals surface area (Å²) in [5, 5.41) is 0.728. The van der Waals surface area contributed by atoms with Gasteiger partial charge in [0.15, 0.2) is 0 Å². The van der Waals surface area contributed by atoms with Gasteiger partial charge in [0.05, 0.1) is 0 Å². The molecule has 2 rings (SSSR count). The number of anilines is 1. The topological polar surface area (TPSA) is 30.9 Å². The van der Waals surface area contributed by atoms with Gasteiger partial charge in [-0.1, -0.05) is 23.7 Å². The Morgan fingerprint density at radius 1 is 1.29 bits per heavy atom. The second kappa shape index (κ2) is 3.39. The fraction of sp³-hybridized carbons (Fsp3) is 0.0909. The maximum Gasteiger partial charge on any atom is 0.111 e. The summed E-state index contributed by atoms with van der Waals surface area (Å²) in [4.78, 5) is 0. The van der Waals surface area contributed by atoms with E-state index < -0.39 is 0 Å². The van der Waals surface area contributed by atoms with E-state index in [0.29, 0.717) is 0 Å². The van der Waals surface area contributed by atoms with Crippen LogP contribution in [0.15, 0.2) is 36.5 Å². The van der Waals surface area contributed by atoms with Crippen molar-refractivity contribution in [3.8, 4) is 11.1 Å². The molecule has 0 unspecified atom stereocenters. The number of nitrogens with zero attached hydrogens (tertiary/aromatic N) is 1. The lowest BCUT2D eigenvalue weighted by Crippen LogP contribution is -1.95. The summed E-state index contributed by atoms with van der Waals surface area (Å²) in [5.41, 5.74) is 7.98. The highest BCUT2D eigenvalue weighted by Gasteiger charge is 2.05. The zero-order chi connectivity index (χ0) is 10.1. The molecule has 0 radical (unpaired) electrons. The molecule has 0 spiro atoms. The number of aromatic nitrogens is 1. The predicted octanol–water partition coefficient (Wildman–Crippen LogP) is 2.93. The number of benzene rings is 1. The Labute approximate surface area is 87.9 Å². The summed E-state index contributed by atoms with van der Waals surface area (Å²) in [6, 6.07) is 9.67. The maximum absolute atomic E-state index is 5.91. The van der Waals surface area contributed by atoms with Gasteiger partial charge in [-0.2, -0.15) is 0 Å². The zero-order valence-electron chi connectivity index (χ0n) is 7.87. The van der Waals surface area contributed by atoms with E-state index in [2.05, 4.69) is 0 Å². The van der Waals surface area contributed by atoms with Crippen LogP contribution in [0.4, 0.5) is 5.82 Å². The Morgan fingerprint density at radius 2 is 2.07 bits per heavy atom. The molecular weight excluding hydrogens is 196 g/mol. The van der Waals surface area contributed by atoms with E-state index in [0.717, 1.165) is 22.0 Å². The molecule has 2 nitrogen and oxygen atoms in total. The average Bonchev–Trinajstić information content (AvgIpc) is 2.48. The van der Waals surface area contributed by atoms with Crippen molar-refractivity contribution in [1.82, 2.24) is 4.57 Å². The van der Waals surface area contributed by atoms with E-state index in [1.54, 1.807) is 0 Å². The third-order valence-corrected chi connectivity index (χ3v) is 2.49. The molecule has 1 aromatic heterocycles. The van der Waals surface area contributed by atoms with Gasteiger partial charge in [-0.15, -0.1) is 0 Å². The Kier molecular flexibility index (Phi) is 2.22. The van der Waals surface area contributed by atoms with Gasteiger partial charge in [0, 0.05) is 23.8 Å². The summed E-state index contributed by atoms with van der Waals surface area (Å²) in [5.74, 6) is 0.757. The Morgan fingerprint density at radius 3 is 2.64 bits per heavy atom. The van der Waals surface area contributed by atoms with Crippen LogP contribution in [0, 0.1) is 0 Å². The smallest absolute Gasteiger partial charge is 0.111 e. The lowest BCUT2D eigenvalue weighted by molar-refractivity contribution is 0.942. The van der Waals surface area contributed by atoms with Crippen LogP contribution in [0.5, 0.6) is 0 Å². The van der Waals surface area contributed by atoms with Crippen LogP contribution in [0.3, 0.4) is 0 Å². The fourth-order valence-corrected chi connectivity index (χ4v) is 1.63. The normalized spacial score (nSPS) is 10.4. The minimum Gasteiger partial charge on any atom is -0.385 e. The number of rotatable bonds is 1. The molecule has 2 N–H and O–H groups in total. The number of hydrogen-bond donors (Lipinski definition) is 1. The summed E-state index contributed by atoms with van der Waals surface area (Å²) in [7, 11) is 1.92. The van der Waals surface area contributed by atoms with E-state index in [4.69, 9.17) is 17.3 Å².